The third-order valence-electron chi connectivity index (χ3n) is 6.25. The summed E-state index contributed by atoms with van der Waals surface area (Å²) in [5.41, 5.74) is 7.42. The highest BCUT2D eigenvalue weighted by Gasteiger charge is 2.32. The van der Waals surface area contributed by atoms with Gasteiger partial charge in [-0.15, -0.1) is 0 Å². The van der Waals surface area contributed by atoms with Crippen LogP contribution in [0.2, 0.25) is 15.1 Å². The van der Waals surface area contributed by atoms with E-state index in [4.69, 9.17) is 45.3 Å². The summed E-state index contributed by atoms with van der Waals surface area (Å²) in [6, 6.07) is 15.4. The average molecular weight is 604 g/mol. The number of nitrogens with zero attached hydrogens (tertiary/aromatic N) is 1. The number of hydrogen-bond donors (Lipinski definition) is 3. The normalized spacial score (nSPS) is 13.3. The smallest absolute Gasteiger partial charge is 0.330 e. The maximum atomic E-state index is 13.3. The summed E-state index contributed by atoms with van der Waals surface area (Å²) in [6.45, 7) is 0.330. The Balaban J connectivity index is 1.52. The Morgan fingerprint density at radius 3 is 2.42 bits per heavy atom. The Labute approximate surface area is 245 Å². The number of hydrogen-bond acceptors (Lipinski definition) is 5. The number of amides is 4. The van der Waals surface area contributed by atoms with Crippen molar-refractivity contribution in [3.63, 3.8) is 0 Å². The van der Waals surface area contributed by atoms with Crippen LogP contribution in [0.4, 0.5) is 4.79 Å². The molecule has 1 heterocycles. The number of fused-ring (bicyclic) bond motifs is 1. The van der Waals surface area contributed by atoms with Gasteiger partial charge in [0.25, 0.3) is 11.8 Å². The average Bonchev–Trinajstić information content (AvgIpc) is 2.92. The lowest BCUT2D eigenvalue weighted by molar-refractivity contribution is -0.147. The minimum atomic E-state index is -1.29. The quantitative estimate of drug-likeness (QED) is 0.313. The molecule has 4 N–H and O–H groups in total. The van der Waals surface area contributed by atoms with Gasteiger partial charge in [-0.1, -0.05) is 77.3 Å². The maximum Gasteiger partial charge on any atom is 0.330 e. The van der Waals surface area contributed by atoms with E-state index in [0.29, 0.717) is 30.1 Å². The van der Waals surface area contributed by atoms with Gasteiger partial charge in [-0.05, 0) is 41.3 Å². The molecule has 0 saturated heterocycles. The third-order valence-corrected chi connectivity index (χ3v) is 7.20. The van der Waals surface area contributed by atoms with Crippen LogP contribution in [-0.2, 0) is 29.1 Å². The fourth-order valence-electron chi connectivity index (χ4n) is 4.28. The van der Waals surface area contributed by atoms with Crippen molar-refractivity contribution in [1.82, 2.24) is 15.5 Å². The second kappa shape index (κ2) is 13.0. The Hall–Kier alpha value is -3.79. The topological polar surface area (TPSA) is 131 Å². The van der Waals surface area contributed by atoms with Crippen LogP contribution < -0.4 is 16.4 Å². The molecule has 0 saturated carbocycles. The molecule has 3 aromatic carbocycles. The summed E-state index contributed by atoms with van der Waals surface area (Å²) in [6.07, 6.45) is 0.379. The van der Waals surface area contributed by atoms with Crippen LogP contribution in [0.5, 0.6) is 0 Å². The van der Waals surface area contributed by atoms with Crippen LogP contribution in [-0.4, -0.2) is 47.8 Å². The van der Waals surface area contributed by atoms with Gasteiger partial charge in [-0.2, -0.15) is 0 Å². The molecule has 1 atom stereocenters. The van der Waals surface area contributed by atoms with E-state index in [2.05, 4.69) is 10.6 Å². The van der Waals surface area contributed by atoms with Gasteiger partial charge in [0.1, 0.15) is 12.6 Å². The van der Waals surface area contributed by atoms with Crippen LogP contribution in [0.1, 0.15) is 37.4 Å². The van der Waals surface area contributed by atoms with Gasteiger partial charge in [0.05, 0.1) is 22.2 Å². The van der Waals surface area contributed by atoms with Crippen LogP contribution in [0.3, 0.4) is 0 Å². The molecular weight excluding hydrogens is 579 g/mol. The Morgan fingerprint density at radius 2 is 1.73 bits per heavy atom. The fraction of sp³-hybridized carbons (Fsp3) is 0.214. The van der Waals surface area contributed by atoms with E-state index >= 15 is 0 Å². The van der Waals surface area contributed by atoms with Crippen LogP contribution >= 0.6 is 34.8 Å². The lowest BCUT2D eigenvalue weighted by Crippen LogP contribution is -2.50. The first-order valence-electron chi connectivity index (χ1n) is 12.2. The van der Waals surface area contributed by atoms with Gasteiger partial charge in [0.15, 0.2) is 0 Å². The molecule has 12 heteroatoms. The molecule has 3 aromatic rings. The molecule has 0 fully saturated rings. The number of carbonyl (C=O) groups is 4. The van der Waals surface area contributed by atoms with Crippen molar-refractivity contribution in [3.8, 4) is 0 Å². The number of esters is 1. The molecule has 40 heavy (non-hydrogen) atoms. The molecule has 0 unspecified atom stereocenters. The zero-order valence-corrected chi connectivity index (χ0v) is 23.4. The summed E-state index contributed by atoms with van der Waals surface area (Å²) in [5.74, 6) is -1.87. The molecule has 1 aliphatic rings. The molecule has 0 spiro atoms. The molecule has 4 rings (SSSR count). The van der Waals surface area contributed by atoms with Crippen molar-refractivity contribution in [3.05, 3.63) is 104 Å². The summed E-state index contributed by atoms with van der Waals surface area (Å²) < 4.78 is 5.32. The number of nitrogens with one attached hydrogen (secondary N) is 2. The molecule has 9 nitrogen and oxygen atoms in total. The van der Waals surface area contributed by atoms with E-state index in [0.717, 1.165) is 11.1 Å². The van der Waals surface area contributed by atoms with E-state index < -0.39 is 23.9 Å². The number of primary amides is 1. The maximum absolute atomic E-state index is 13.3. The van der Waals surface area contributed by atoms with Crippen molar-refractivity contribution >= 4 is 58.6 Å². The SMILES string of the molecule is NC(=O)NC[C@H](NC(=O)c1c(Cl)cc2c(c1Cl)CCN(Cc1cccc(Cl)c1)C2=O)C(=O)OCc1ccccc1. The number of halogens is 3. The molecule has 0 bridgehead atoms. The molecule has 0 aliphatic carbocycles. The van der Waals surface area contributed by atoms with Gasteiger partial charge in [-0.3, -0.25) is 9.59 Å². The molecule has 1 aliphatic heterocycles. The second-order valence-corrected chi connectivity index (χ2v) is 10.3. The fourth-order valence-corrected chi connectivity index (χ4v) is 5.22. The monoisotopic (exact) mass is 602 g/mol. The molecule has 0 radical (unpaired) electrons. The first-order valence-corrected chi connectivity index (χ1v) is 13.4. The predicted octanol–water partition coefficient (Wildman–Crippen LogP) is 4.36. The lowest BCUT2D eigenvalue weighted by atomic mass is 9.95. The first-order chi connectivity index (χ1) is 19.1. The minimum Gasteiger partial charge on any atom is -0.459 e. The van der Waals surface area contributed by atoms with Crippen LogP contribution in [0, 0.1) is 0 Å². The summed E-state index contributed by atoms with van der Waals surface area (Å²) in [7, 11) is 0. The van der Waals surface area contributed by atoms with Crippen molar-refractivity contribution in [2.45, 2.75) is 25.6 Å². The summed E-state index contributed by atoms with van der Waals surface area (Å²) in [5, 5.41) is 5.31. The molecule has 208 valence electrons. The van der Waals surface area contributed by atoms with Gasteiger partial charge in [0, 0.05) is 23.7 Å². The zero-order chi connectivity index (χ0) is 28.8. The van der Waals surface area contributed by atoms with E-state index in [-0.39, 0.29) is 40.2 Å². The van der Waals surface area contributed by atoms with Crippen molar-refractivity contribution in [2.24, 2.45) is 5.73 Å². The van der Waals surface area contributed by atoms with Gasteiger partial charge in [0.2, 0.25) is 0 Å². The van der Waals surface area contributed by atoms with Gasteiger partial charge >= 0.3 is 12.0 Å². The van der Waals surface area contributed by atoms with E-state index in [1.807, 2.05) is 18.2 Å². The number of urea groups is 1. The Bertz CT molecular complexity index is 1450. The van der Waals surface area contributed by atoms with E-state index in [1.54, 1.807) is 41.3 Å². The minimum absolute atomic E-state index is 0.00928. The largest absolute Gasteiger partial charge is 0.459 e. The number of rotatable bonds is 9. The Morgan fingerprint density at radius 1 is 1.00 bits per heavy atom. The predicted molar refractivity (Wildman–Crippen MR) is 151 cm³/mol. The highest BCUT2D eigenvalue weighted by molar-refractivity contribution is 6.41. The zero-order valence-electron chi connectivity index (χ0n) is 21.1. The van der Waals surface area contributed by atoms with E-state index in [9.17, 15) is 19.2 Å². The Kier molecular flexibility index (Phi) is 9.52. The highest BCUT2D eigenvalue weighted by Crippen LogP contribution is 2.35. The summed E-state index contributed by atoms with van der Waals surface area (Å²) >= 11 is 19.1. The van der Waals surface area contributed by atoms with E-state index in [1.165, 1.54) is 6.07 Å². The van der Waals surface area contributed by atoms with Crippen molar-refractivity contribution < 1.29 is 23.9 Å². The number of nitrogens with two attached hydrogens (primary N) is 1. The van der Waals surface area contributed by atoms with Crippen LogP contribution in [0.25, 0.3) is 0 Å². The molecular formula is C28H25Cl3N4O5. The third kappa shape index (κ3) is 7.04. The van der Waals surface area contributed by atoms with Gasteiger partial charge < -0.3 is 26.0 Å². The lowest BCUT2D eigenvalue weighted by Gasteiger charge is -2.30. The summed E-state index contributed by atoms with van der Waals surface area (Å²) in [4.78, 5) is 52.3. The van der Waals surface area contributed by atoms with Crippen LogP contribution in [0.15, 0.2) is 60.7 Å². The first kappa shape index (κ1) is 29.2. The molecule has 0 aromatic heterocycles. The standard InChI is InChI=1S/C28H25Cl3N4O5/c29-18-8-4-7-17(11-18)14-35-10-9-19-20(26(35)37)12-21(30)23(24(19)31)25(36)34-22(13-33-28(32)39)27(38)40-15-16-5-2-1-3-6-16/h1-8,11-12,22H,9-10,13-15H2,(H,34,36)(H3,32,33,39)/t22-/m0/s1. The highest BCUT2D eigenvalue weighted by atomic mass is 35.5. The molecule has 4 amide bonds. The number of benzene rings is 3. The van der Waals surface area contributed by atoms with Crippen molar-refractivity contribution in [2.75, 3.05) is 13.1 Å². The van der Waals surface area contributed by atoms with Crippen molar-refractivity contribution in [1.29, 1.82) is 0 Å². The van der Waals surface area contributed by atoms with Gasteiger partial charge in [-0.25, -0.2) is 9.59 Å². The number of carbonyl (C=O) groups excluding carboxylic acids is 4. The second-order valence-electron chi connectivity index (χ2n) is 9.04. The number of ether oxygens (including phenoxy) is 1.